The van der Waals surface area contributed by atoms with Gasteiger partial charge in [0.15, 0.2) is 5.82 Å². The third-order valence-electron chi connectivity index (χ3n) is 3.32. The van der Waals surface area contributed by atoms with Crippen LogP contribution in [-0.2, 0) is 20.1 Å². The van der Waals surface area contributed by atoms with Crippen molar-refractivity contribution in [2.75, 3.05) is 5.32 Å². The lowest BCUT2D eigenvalue weighted by molar-refractivity contribution is 0.627. The third kappa shape index (κ3) is 2.94. The van der Waals surface area contributed by atoms with Crippen molar-refractivity contribution < 1.29 is 0 Å². The van der Waals surface area contributed by atoms with Crippen LogP contribution in [-0.4, -0.2) is 24.5 Å². The summed E-state index contributed by atoms with van der Waals surface area (Å²) < 4.78 is 3.69. The fraction of sp³-hybridized carbons (Fsp3) is 0.267. The van der Waals surface area contributed by atoms with E-state index in [1.807, 2.05) is 48.3 Å². The summed E-state index contributed by atoms with van der Waals surface area (Å²) in [5.74, 6) is 0.744. The van der Waals surface area contributed by atoms with Crippen LogP contribution < -0.4 is 5.32 Å². The molecule has 1 aromatic carbocycles. The average Bonchev–Trinajstić information content (AvgIpc) is 3.14. The molecule has 3 rings (SSSR count). The summed E-state index contributed by atoms with van der Waals surface area (Å²) >= 11 is 0. The zero-order chi connectivity index (χ0) is 14.7. The molecule has 6 nitrogen and oxygen atoms in total. The Labute approximate surface area is 123 Å². The predicted octanol–water partition coefficient (Wildman–Crippen LogP) is 2.31. The fourth-order valence-electron chi connectivity index (χ4n) is 2.20. The molecule has 3 aromatic rings. The molecule has 0 bridgehead atoms. The van der Waals surface area contributed by atoms with Gasteiger partial charge in [-0.05, 0) is 37.3 Å². The van der Waals surface area contributed by atoms with Crippen LogP contribution in [0.3, 0.4) is 0 Å². The Kier molecular flexibility index (Phi) is 3.68. The van der Waals surface area contributed by atoms with Gasteiger partial charge in [-0.15, -0.1) is 0 Å². The highest BCUT2D eigenvalue weighted by molar-refractivity contribution is 5.59. The number of nitrogens with one attached hydrogen (secondary N) is 1. The highest BCUT2D eigenvalue weighted by Crippen LogP contribution is 2.18. The number of benzene rings is 1. The van der Waals surface area contributed by atoms with Crippen molar-refractivity contribution in [2.45, 2.75) is 20.0 Å². The van der Waals surface area contributed by atoms with Crippen molar-refractivity contribution in [3.63, 3.8) is 0 Å². The summed E-state index contributed by atoms with van der Waals surface area (Å²) in [6.45, 7) is 3.73. The van der Waals surface area contributed by atoms with E-state index in [4.69, 9.17) is 0 Å². The molecule has 0 saturated carbocycles. The molecule has 0 unspecified atom stereocenters. The van der Waals surface area contributed by atoms with Gasteiger partial charge in [0.2, 0.25) is 0 Å². The summed E-state index contributed by atoms with van der Waals surface area (Å²) in [5, 5.41) is 12.0. The molecule has 21 heavy (non-hydrogen) atoms. The van der Waals surface area contributed by atoms with Crippen LogP contribution >= 0.6 is 0 Å². The van der Waals surface area contributed by atoms with Crippen LogP contribution in [0.1, 0.15) is 12.6 Å². The fourth-order valence-corrected chi connectivity index (χ4v) is 2.20. The number of rotatable bonds is 5. The zero-order valence-electron chi connectivity index (χ0n) is 12.2. The quantitative estimate of drug-likeness (QED) is 0.780. The van der Waals surface area contributed by atoms with Crippen molar-refractivity contribution in [1.29, 1.82) is 0 Å². The maximum Gasteiger partial charge on any atom is 0.181 e. The SMILES string of the molecule is CCn1nccc1CNc1ccc(-c2ncn(C)n2)cc1. The van der Waals surface area contributed by atoms with Gasteiger partial charge in [-0.2, -0.15) is 10.2 Å². The first-order valence-corrected chi connectivity index (χ1v) is 6.97. The maximum atomic E-state index is 4.29. The van der Waals surface area contributed by atoms with Gasteiger partial charge in [-0.1, -0.05) is 0 Å². The summed E-state index contributed by atoms with van der Waals surface area (Å²) in [6.07, 6.45) is 3.53. The van der Waals surface area contributed by atoms with Crippen molar-refractivity contribution in [2.24, 2.45) is 7.05 Å². The molecule has 0 aliphatic carbocycles. The van der Waals surface area contributed by atoms with Crippen LogP contribution in [0.2, 0.25) is 0 Å². The van der Waals surface area contributed by atoms with Crippen LogP contribution in [0.25, 0.3) is 11.4 Å². The third-order valence-corrected chi connectivity index (χ3v) is 3.32. The first-order valence-electron chi connectivity index (χ1n) is 6.97. The molecule has 0 radical (unpaired) electrons. The van der Waals surface area contributed by atoms with E-state index in [1.54, 1.807) is 11.0 Å². The second kappa shape index (κ2) is 5.78. The highest BCUT2D eigenvalue weighted by atomic mass is 15.3. The van der Waals surface area contributed by atoms with Crippen molar-refractivity contribution in [3.8, 4) is 11.4 Å². The second-order valence-electron chi connectivity index (χ2n) is 4.81. The molecule has 6 heteroatoms. The summed E-state index contributed by atoms with van der Waals surface area (Å²) in [7, 11) is 1.86. The Morgan fingerprint density at radius 3 is 2.62 bits per heavy atom. The van der Waals surface area contributed by atoms with E-state index < -0.39 is 0 Å². The molecule has 2 heterocycles. The lowest BCUT2D eigenvalue weighted by atomic mass is 10.2. The van der Waals surface area contributed by atoms with E-state index in [2.05, 4.69) is 27.4 Å². The largest absolute Gasteiger partial charge is 0.379 e. The monoisotopic (exact) mass is 282 g/mol. The molecule has 0 saturated heterocycles. The standard InChI is InChI=1S/C15H18N6/c1-3-21-14(8-9-18-21)10-16-13-6-4-12(5-7-13)15-17-11-20(2)19-15/h4-9,11,16H,3,10H2,1-2H3. The zero-order valence-corrected chi connectivity index (χ0v) is 12.2. The van der Waals surface area contributed by atoms with Gasteiger partial charge in [0, 0.05) is 31.0 Å². The van der Waals surface area contributed by atoms with Crippen LogP contribution in [0.4, 0.5) is 5.69 Å². The lowest BCUT2D eigenvalue weighted by Gasteiger charge is -2.08. The number of hydrogen-bond acceptors (Lipinski definition) is 4. The van der Waals surface area contributed by atoms with Gasteiger partial charge in [0.05, 0.1) is 12.2 Å². The van der Waals surface area contributed by atoms with E-state index in [0.29, 0.717) is 0 Å². The van der Waals surface area contributed by atoms with E-state index >= 15 is 0 Å². The van der Waals surface area contributed by atoms with Gasteiger partial charge >= 0.3 is 0 Å². The van der Waals surface area contributed by atoms with Crippen molar-refractivity contribution in [3.05, 3.63) is 48.5 Å². The van der Waals surface area contributed by atoms with Gasteiger partial charge in [-0.25, -0.2) is 4.98 Å². The van der Waals surface area contributed by atoms with Crippen LogP contribution in [0, 0.1) is 0 Å². The van der Waals surface area contributed by atoms with Crippen LogP contribution in [0.5, 0.6) is 0 Å². The Morgan fingerprint density at radius 1 is 1.14 bits per heavy atom. The van der Waals surface area contributed by atoms with Gasteiger partial charge in [0.1, 0.15) is 6.33 Å². The van der Waals surface area contributed by atoms with Crippen LogP contribution in [0.15, 0.2) is 42.9 Å². The molecule has 1 N–H and O–H groups in total. The van der Waals surface area contributed by atoms with E-state index in [0.717, 1.165) is 30.2 Å². The Bertz CT molecular complexity index is 710. The molecular weight excluding hydrogens is 264 g/mol. The molecule has 108 valence electrons. The number of aryl methyl sites for hydroxylation is 2. The second-order valence-corrected chi connectivity index (χ2v) is 4.81. The number of aromatic nitrogens is 5. The average molecular weight is 282 g/mol. The minimum Gasteiger partial charge on any atom is -0.379 e. The molecular formula is C15H18N6. The smallest absolute Gasteiger partial charge is 0.181 e. The molecule has 0 fully saturated rings. The first-order chi connectivity index (χ1) is 10.3. The van der Waals surface area contributed by atoms with Gasteiger partial charge < -0.3 is 5.32 Å². The molecule has 2 aromatic heterocycles. The minimum absolute atomic E-state index is 0.744. The number of nitrogens with zero attached hydrogens (tertiary/aromatic N) is 5. The van der Waals surface area contributed by atoms with Gasteiger partial charge in [-0.3, -0.25) is 9.36 Å². The Balaban J connectivity index is 1.67. The van der Waals surface area contributed by atoms with E-state index in [9.17, 15) is 0 Å². The van der Waals surface area contributed by atoms with E-state index in [1.165, 1.54) is 5.69 Å². The number of anilines is 1. The molecule has 0 atom stereocenters. The molecule has 0 aliphatic heterocycles. The maximum absolute atomic E-state index is 4.29. The minimum atomic E-state index is 0.744. The number of hydrogen-bond donors (Lipinski definition) is 1. The van der Waals surface area contributed by atoms with Crippen molar-refractivity contribution in [1.82, 2.24) is 24.5 Å². The van der Waals surface area contributed by atoms with Gasteiger partial charge in [0.25, 0.3) is 0 Å². The van der Waals surface area contributed by atoms with E-state index in [-0.39, 0.29) is 0 Å². The summed E-state index contributed by atoms with van der Waals surface area (Å²) in [6, 6.07) is 10.2. The van der Waals surface area contributed by atoms with Crippen molar-refractivity contribution >= 4 is 5.69 Å². The highest BCUT2D eigenvalue weighted by Gasteiger charge is 2.04. The Morgan fingerprint density at radius 2 is 1.95 bits per heavy atom. The summed E-state index contributed by atoms with van der Waals surface area (Å²) in [4.78, 5) is 4.24. The molecule has 0 aliphatic rings. The summed E-state index contributed by atoms with van der Waals surface area (Å²) in [5.41, 5.74) is 3.26. The molecule has 0 amide bonds. The topological polar surface area (TPSA) is 60.6 Å². The first kappa shape index (κ1) is 13.4. The lowest BCUT2D eigenvalue weighted by Crippen LogP contribution is -2.07. The molecule has 0 spiro atoms. The Hall–Kier alpha value is -2.63. The predicted molar refractivity (Wildman–Crippen MR) is 81.7 cm³/mol. The normalized spacial score (nSPS) is 10.8.